The molecule has 0 amide bonds. The van der Waals surface area contributed by atoms with E-state index >= 15 is 0 Å². The Kier molecular flexibility index (Phi) is 13.5. The van der Waals surface area contributed by atoms with Crippen LogP contribution >= 0.6 is 0 Å². The molecule has 172 valence electrons. The number of carbonyl (C=O) groups excluding carboxylic acids is 1. The van der Waals surface area contributed by atoms with Crippen LogP contribution < -0.4 is 5.73 Å². The summed E-state index contributed by atoms with van der Waals surface area (Å²) in [6.07, 6.45) is 13.0. The van der Waals surface area contributed by atoms with Gasteiger partial charge in [-0.15, -0.1) is 0 Å². The maximum absolute atomic E-state index is 12.0. The Morgan fingerprint density at radius 3 is 1.63 bits per heavy atom. The van der Waals surface area contributed by atoms with Gasteiger partial charge < -0.3 is 10.5 Å². The molecule has 0 fully saturated rings. The van der Waals surface area contributed by atoms with Crippen molar-refractivity contribution in [2.75, 3.05) is 12.3 Å². The Labute approximate surface area is 186 Å². The molecule has 2 N–H and O–H groups in total. The molecule has 1 aromatic carbocycles. The van der Waals surface area contributed by atoms with Gasteiger partial charge >= 0.3 is 5.97 Å². The van der Waals surface area contributed by atoms with Gasteiger partial charge in [0.1, 0.15) is 0 Å². The van der Waals surface area contributed by atoms with Crippen LogP contribution in [-0.2, 0) is 4.74 Å². The molecule has 0 radical (unpaired) electrons. The zero-order valence-electron chi connectivity index (χ0n) is 20.3. The highest BCUT2D eigenvalue weighted by molar-refractivity contribution is 5.89. The topological polar surface area (TPSA) is 52.3 Å². The average molecular weight is 418 g/mol. The average Bonchev–Trinajstić information content (AvgIpc) is 2.68. The van der Waals surface area contributed by atoms with E-state index < -0.39 is 0 Å². The molecule has 0 bridgehead atoms. The Morgan fingerprint density at radius 1 is 0.733 bits per heavy atom. The molecular formula is C27H47NO2. The molecule has 1 rings (SSSR count). The highest BCUT2D eigenvalue weighted by atomic mass is 16.5. The molecular weight excluding hydrogens is 370 g/mol. The van der Waals surface area contributed by atoms with Crippen molar-refractivity contribution in [3.63, 3.8) is 0 Å². The number of anilines is 1. The van der Waals surface area contributed by atoms with Gasteiger partial charge in [0.25, 0.3) is 0 Å². The number of ether oxygens (including phenoxy) is 1. The zero-order chi connectivity index (χ0) is 22.4. The predicted molar refractivity (Wildman–Crippen MR) is 130 cm³/mol. The molecule has 0 aliphatic carbocycles. The molecule has 0 saturated heterocycles. The van der Waals surface area contributed by atoms with Crippen molar-refractivity contribution < 1.29 is 9.53 Å². The quantitative estimate of drug-likeness (QED) is 0.220. The van der Waals surface area contributed by atoms with Crippen molar-refractivity contribution in [3.05, 3.63) is 29.8 Å². The first-order valence-corrected chi connectivity index (χ1v) is 12.3. The Hall–Kier alpha value is -1.51. The highest BCUT2D eigenvalue weighted by Gasteiger charge is 2.10. The van der Waals surface area contributed by atoms with Gasteiger partial charge in [0.2, 0.25) is 0 Å². The summed E-state index contributed by atoms with van der Waals surface area (Å²) in [5.74, 6) is 2.89. The second-order valence-electron chi connectivity index (χ2n) is 10.0. The van der Waals surface area contributed by atoms with E-state index in [1.165, 1.54) is 57.8 Å². The van der Waals surface area contributed by atoms with Gasteiger partial charge in [-0.25, -0.2) is 4.79 Å². The number of hydrogen-bond acceptors (Lipinski definition) is 3. The van der Waals surface area contributed by atoms with Gasteiger partial charge in [0.15, 0.2) is 0 Å². The van der Waals surface area contributed by atoms with E-state index in [1.807, 2.05) is 0 Å². The number of carbonyl (C=O) groups is 1. The van der Waals surface area contributed by atoms with Gasteiger partial charge in [-0.1, -0.05) is 92.4 Å². The molecule has 0 aliphatic heterocycles. The molecule has 3 heteroatoms. The number of esters is 1. The third-order valence-corrected chi connectivity index (χ3v) is 6.26. The highest BCUT2D eigenvalue weighted by Crippen LogP contribution is 2.22. The number of nitrogen functional groups attached to an aromatic ring is 1. The lowest BCUT2D eigenvalue weighted by atomic mass is 9.91. The normalized spacial score (nSPS) is 14.5. The van der Waals surface area contributed by atoms with Crippen LogP contribution in [0.4, 0.5) is 5.69 Å². The fraction of sp³-hybridized carbons (Fsp3) is 0.741. The third-order valence-electron chi connectivity index (χ3n) is 6.26. The number of hydrogen-bond donors (Lipinski definition) is 1. The van der Waals surface area contributed by atoms with Gasteiger partial charge in [-0.05, 0) is 54.4 Å². The number of nitrogens with two attached hydrogens (primary N) is 1. The standard InChI is InChI=1S/C27H47NO2/c1-21(2)9-6-10-22(3)11-7-12-23(4)13-8-14-24(5)19-20-30-27(29)25-15-17-26(28)18-16-25/h15-18,21-24H,6-14,19-20,28H2,1-5H3. The second-order valence-corrected chi connectivity index (χ2v) is 10.0. The summed E-state index contributed by atoms with van der Waals surface area (Å²) in [5.41, 5.74) is 6.88. The lowest BCUT2D eigenvalue weighted by Crippen LogP contribution is -2.09. The summed E-state index contributed by atoms with van der Waals surface area (Å²) >= 11 is 0. The van der Waals surface area contributed by atoms with Crippen molar-refractivity contribution in [2.45, 2.75) is 98.8 Å². The smallest absolute Gasteiger partial charge is 0.338 e. The third kappa shape index (κ3) is 12.9. The van der Waals surface area contributed by atoms with E-state index in [-0.39, 0.29) is 5.97 Å². The fourth-order valence-corrected chi connectivity index (χ4v) is 3.99. The van der Waals surface area contributed by atoms with Crippen LogP contribution in [0.2, 0.25) is 0 Å². The molecule has 1 aromatic rings. The summed E-state index contributed by atoms with van der Waals surface area (Å²) in [6, 6.07) is 6.89. The molecule has 3 unspecified atom stereocenters. The first-order chi connectivity index (χ1) is 14.3. The Balaban J connectivity index is 2.04. The van der Waals surface area contributed by atoms with Gasteiger partial charge in [-0.2, -0.15) is 0 Å². The van der Waals surface area contributed by atoms with Crippen molar-refractivity contribution in [2.24, 2.45) is 23.7 Å². The molecule has 0 saturated carbocycles. The monoisotopic (exact) mass is 417 g/mol. The van der Waals surface area contributed by atoms with Crippen LogP contribution in [-0.4, -0.2) is 12.6 Å². The van der Waals surface area contributed by atoms with Gasteiger partial charge in [0.05, 0.1) is 12.2 Å². The number of rotatable bonds is 16. The van der Waals surface area contributed by atoms with Crippen molar-refractivity contribution in [3.8, 4) is 0 Å². The minimum atomic E-state index is -0.255. The Morgan fingerprint density at radius 2 is 1.17 bits per heavy atom. The minimum absolute atomic E-state index is 0.255. The summed E-state index contributed by atoms with van der Waals surface area (Å²) < 4.78 is 5.40. The molecule has 0 spiro atoms. The summed E-state index contributed by atoms with van der Waals surface area (Å²) in [5, 5.41) is 0. The Bertz CT molecular complexity index is 567. The van der Waals surface area contributed by atoms with Crippen LogP contribution in [0.1, 0.15) is 109 Å². The molecule has 0 aromatic heterocycles. The lowest BCUT2D eigenvalue weighted by molar-refractivity contribution is 0.0483. The van der Waals surface area contributed by atoms with Crippen LogP contribution in [0.5, 0.6) is 0 Å². The van der Waals surface area contributed by atoms with Crippen LogP contribution in [0.3, 0.4) is 0 Å². The fourth-order valence-electron chi connectivity index (χ4n) is 3.99. The van der Waals surface area contributed by atoms with Gasteiger partial charge in [-0.3, -0.25) is 0 Å². The van der Waals surface area contributed by atoms with Crippen molar-refractivity contribution in [1.29, 1.82) is 0 Å². The predicted octanol–water partition coefficient (Wildman–Crippen LogP) is 7.89. The molecule has 3 nitrogen and oxygen atoms in total. The van der Waals surface area contributed by atoms with E-state index in [9.17, 15) is 4.79 Å². The molecule has 0 aliphatic rings. The van der Waals surface area contributed by atoms with Crippen molar-refractivity contribution >= 4 is 11.7 Å². The summed E-state index contributed by atoms with van der Waals surface area (Å²) in [6.45, 7) is 12.2. The van der Waals surface area contributed by atoms with E-state index in [0.29, 0.717) is 23.8 Å². The maximum Gasteiger partial charge on any atom is 0.338 e. The summed E-state index contributed by atoms with van der Waals surface area (Å²) in [7, 11) is 0. The minimum Gasteiger partial charge on any atom is -0.462 e. The summed E-state index contributed by atoms with van der Waals surface area (Å²) in [4.78, 5) is 12.0. The zero-order valence-corrected chi connectivity index (χ0v) is 20.3. The molecule has 30 heavy (non-hydrogen) atoms. The van der Waals surface area contributed by atoms with E-state index in [4.69, 9.17) is 10.5 Å². The van der Waals surface area contributed by atoms with Gasteiger partial charge in [0, 0.05) is 5.69 Å². The van der Waals surface area contributed by atoms with Crippen LogP contribution in [0.25, 0.3) is 0 Å². The second kappa shape index (κ2) is 15.3. The largest absolute Gasteiger partial charge is 0.462 e. The lowest BCUT2D eigenvalue weighted by Gasteiger charge is -2.16. The van der Waals surface area contributed by atoms with Crippen molar-refractivity contribution in [1.82, 2.24) is 0 Å². The van der Waals surface area contributed by atoms with E-state index in [1.54, 1.807) is 24.3 Å². The van der Waals surface area contributed by atoms with Crippen LogP contribution in [0, 0.1) is 23.7 Å². The number of benzene rings is 1. The maximum atomic E-state index is 12.0. The SMILES string of the molecule is CC(C)CCCC(C)CCCC(C)CCCC(C)CCOC(=O)c1ccc(N)cc1. The molecule has 0 heterocycles. The first kappa shape index (κ1) is 26.5. The van der Waals surface area contributed by atoms with Crippen LogP contribution in [0.15, 0.2) is 24.3 Å². The first-order valence-electron chi connectivity index (χ1n) is 12.3. The van der Waals surface area contributed by atoms with E-state index in [2.05, 4.69) is 34.6 Å². The van der Waals surface area contributed by atoms with E-state index in [0.717, 1.165) is 24.2 Å². The molecule has 3 atom stereocenters.